The average molecular weight is 933 g/mol. The molecule has 0 amide bonds. The minimum atomic E-state index is -1.86. The second-order valence-electron chi connectivity index (χ2n) is 15.6. The van der Waals surface area contributed by atoms with Crippen molar-refractivity contribution in [3.05, 3.63) is 163 Å². The summed E-state index contributed by atoms with van der Waals surface area (Å²) in [5.74, 6) is 0. The first-order valence-electron chi connectivity index (χ1n) is 20.2. The van der Waals surface area contributed by atoms with Crippen LogP contribution in [0.15, 0.2) is 138 Å². The molecule has 9 rings (SSSR count). The predicted molar refractivity (Wildman–Crippen MR) is 233 cm³/mol. The maximum absolute atomic E-state index is 9.07. The molecule has 9 aromatic rings. The summed E-state index contributed by atoms with van der Waals surface area (Å²) in [6.07, 6.45) is 0.477. The molecule has 1 radical (unpaired) electrons. The van der Waals surface area contributed by atoms with Crippen LogP contribution in [-0.2, 0) is 32.9 Å². The monoisotopic (exact) mass is 933 g/mol. The fourth-order valence-electron chi connectivity index (χ4n) is 6.76. The molecule has 277 valence electrons. The summed E-state index contributed by atoms with van der Waals surface area (Å²) in [7, 11) is -1.86. The van der Waals surface area contributed by atoms with E-state index in [-0.39, 0.29) is 20.1 Å². The summed E-state index contributed by atoms with van der Waals surface area (Å²) in [5, 5.41) is 5.52. The molecule has 3 nitrogen and oxygen atoms in total. The Morgan fingerprint density at radius 2 is 1.47 bits per heavy atom. The van der Waals surface area contributed by atoms with Crippen molar-refractivity contribution in [3.8, 4) is 22.5 Å². The molecule has 6 heteroatoms. The van der Waals surface area contributed by atoms with Crippen molar-refractivity contribution in [2.24, 2.45) is 5.41 Å². The third-order valence-corrected chi connectivity index (χ3v) is 12.4. The van der Waals surface area contributed by atoms with E-state index < -0.39 is 26.2 Å². The number of nitrogens with zero attached hydrogens (tertiary/aromatic N) is 2. The molecular formula is C49H44IrN2OSSi-2. The molecular weight excluding hydrogens is 885 g/mol. The first kappa shape index (κ1) is 33.6. The van der Waals surface area contributed by atoms with Crippen LogP contribution in [0.4, 0.5) is 0 Å². The van der Waals surface area contributed by atoms with E-state index in [9.17, 15) is 0 Å². The van der Waals surface area contributed by atoms with Crippen molar-refractivity contribution in [3.63, 3.8) is 0 Å². The van der Waals surface area contributed by atoms with Crippen molar-refractivity contribution in [1.82, 2.24) is 9.97 Å². The van der Waals surface area contributed by atoms with E-state index in [1.807, 2.05) is 112 Å². The van der Waals surface area contributed by atoms with Gasteiger partial charge in [-0.25, -0.2) is 0 Å². The Bertz CT molecular complexity index is 2950. The summed E-state index contributed by atoms with van der Waals surface area (Å²) >= 11 is 1.76. The van der Waals surface area contributed by atoms with Gasteiger partial charge in [0.1, 0.15) is 5.58 Å². The quantitative estimate of drug-likeness (QED) is 0.123. The Kier molecular flexibility index (Phi) is 9.65. The van der Waals surface area contributed by atoms with Gasteiger partial charge in [0.05, 0.1) is 13.7 Å². The number of furan rings is 1. The molecule has 0 aliphatic carbocycles. The average Bonchev–Trinajstić information content (AvgIpc) is 3.79. The normalized spacial score (nSPS) is 13.4. The molecule has 0 aliphatic rings. The molecule has 0 fully saturated rings. The third kappa shape index (κ3) is 8.44. The number of hydrogen-bond donors (Lipinski definition) is 0. The van der Waals surface area contributed by atoms with E-state index in [0.717, 1.165) is 43.9 Å². The topological polar surface area (TPSA) is 38.9 Å². The standard InChI is InChI=1S/C27H24NOSi.C22H20NS.Ir/c1-30(2,3)26-18-28-24(17-20(26)16-19-10-5-4-6-11-19)23-14-9-13-22-21-12-7-8-15-25(21)29-27(22)23;1-22(2,3)14-15-10-11-23-19(12-15)16-8-9-21-18(13-16)17-6-4-5-7-20(17)24-21;/h4-13,15,17-18H,16H2,1-3H3;4-7,9-13H,14H2,1-3H3;/q2*-1;/i16D2;14D2;. The second kappa shape index (κ2) is 15.8. The number of thiophene rings is 1. The van der Waals surface area contributed by atoms with E-state index in [1.54, 1.807) is 23.6 Å². The van der Waals surface area contributed by atoms with Crippen molar-refractivity contribution in [2.75, 3.05) is 0 Å². The van der Waals surface area contributed by atoms with E-state index in [2.05, 4.69) is 67.1 Å². The molecule has 4 aromatic heterocycles. The number of aromatic nitrogens is 2. The number of benzene rings is 5. The van der Waals surface area contributed by atoms with Gasteiger partial charge in [-0.05, 0) is 68.6 Å². The van der Waals surface area contributed by atoms with Gasteiger partial charge in [0.2, 0.25) is 0 Å². The minimum Gasteiger partial charge on any atom is -0.501 e. The zero-order chi connectivity index (χ0) is 41.0. The van der Waals surface area contributed by atoms with Crippen LogP contribution in [0.1, 0.15) is 42.9 Å². The molecule has 0 saturated carbocycles. The SMILES string of the molecule is [2H]C([2H])(c1ccccc1)c1cc(-c2[c-]ccc3c2oc2ccccc23)ncc1[Si](C)(C)C.[2H]C([2H])(c1ccnc(-c2[c-]cc3sc4ccccc4c3c2)c1)C(C)(C)C.[Ir]. The van der Waals surface area contributed by atoms with Crippen LogP contribution in [0, 0.1) is 17.5 Å². The van der Waals surface area contributed by atoms with Gasteiger partial charge in [-0.3, -0.25) is 0 Å². The minimum absolute atomic E-state index is 0. The van der Waals surface area contributed by atoms with Gasteiger partial charge in [-0.15, -0.1) is 42.0 Å². The molecule has 4 heterocycles. The van der Waals surface area contributed by atoms with Gasteiger partial charge in [-0.1, -0.05) is 147 Å². The molecule has 0 bridgehead atoms. The van der Waals surface area contributed by atoms with E-state index in [1.165, 1.54) is 20.2 Å². The summed E-state index contributed by atoms with van der Waals surface area (Å²) in [5.41, 5.74) is 6.10. The summed E-state index contributed by atoms with van der Waals surface area (Å²) in [4.78, 5) is 9.26. The maximum Gasteiger partial charge on any atom is 0.120 e. The Morgan fingerprint density at radius 3 is 2.25 bits per heavy atom. The summed E-state index contributed by atoms with van der Waals surface area (Å²) in [6.45, 7) is 12.4. The van der Waals surface area contributed by atoms with Crippen molar-refractivity contribution in [2.45, 2.75) is 53.2 Å². The third-order valence-electron chi connectivity index (χ3n) is 9.22. The van der Waals surface area contributed by atoms with Gasteiger partial charge in [0, 0.05) is 48.1 Å². The molecule has 0 spiro atoms. The molecule has 0 atom stereocenters. The number of pyridine rings is 2. The van der Waals surface area contributed by atoms with Crippen molar-refractivity contribution in [1.29, 1.82) is 0 Å². The summed E-state index contributed by atoms with van der Waals surface area (Å²) < 4.78 is 43.8. The van der Waals surface area contributed by atoms with E-state index in [4.69, 9.17) is 14.9 Å². The van der Waals surface area contributed by atoms with Gasteiger partial charge >= 0.3 is 0 Å². The van der Waals surface area contributed by atoms with Gasteiger partial charge in [0.15, 0.2) is 0 Å². The van der Waals surface area contributed by atoms with Crippen LogP contribution in [0.2, 0.25) is 19.6 Å². The molecule has 5 aromatic carbocycles. The van der Waals surface area contributed by atoms with Gasteiger partial charge < -0.3 is 14.4 Å². The van der Waals surface area contributed by atoms with Gasteiger partial charge in [0.25, 0.3) is 0 Å². The van der Waals surface area contributed by atoms with E-state index >= 15 is 0 Å². The largest absolute Gasteiger partial charge is 0.501 e. The zero-order valence-corrected chi connectivity index (χ0v) is 36.0. The first-order valence-corrected chi connectivity index (χ1v) is 22.5. The van der Waals surface area contributed by atoms with Crippen molar-refractivity contribution < 1.29 is 30.0 Å². The Morgan fingerprint density at radius 1 is 0.727 bits per heavy atom. The molecule has 0 aliphatic heterocycles. The van der Waals surface area contributed by atoms with Crippen LogP contribution in [-0.4, -0.2) is 18.0 Å². The van der Waals surface area contributed by atoms with Gasteiger partial charge in [-0.2, -0.15) is 11.3 Å². The Hall–Kier alpha value is -4.71. The van der Waals surface area contributed by atoms with E-state index in [0.29, 0.717) is 22.4 Å². The first-order chi connectivity index (χ1) is 27.5. The second-order valence-corrected chi connectivity index (χ2v) is 21.7. The number of hydrogen-bond acceptors (Lipinski definition) is 4. The van der Waals surface area contributed by atoms with Crippen LogP contribution in [0.3, 0.4) is 0 Å². The van der Waals surface area contributed by atoms with Crippen LogP contribution in [0.25, 0.3) is 64.6 Å². The fourth-order valence-corrected chi connectivity index (χ4v) is 9.22. The molecule has 55 heavy (non-hydrogen) atoms. The van der Waals surface area contributed by atoms with Crippen LogP contribution < -0.4 is 5.19 Å². The smallest absolute Gasteiger partial charge is 0.120 e. The molecule has 0 N–H and O–H groups in total. The Labute approximate surface area is 348 Å². The number of rotatable bonds is 6. The fraction of sp³-hybridized carbons (Fsp3) is 0.184. The predicted octanol–water partition coefficient (Wildman–Crippen LogP) is 13.1. The maximum atomic E-state index is 9.07. The van der Waals surface area contributed by atoms with Crippen molar-refractivity contribution >= 4 is 66.7 Å². The zero-order valence-electron chi connectivity index (χ0n) is 35.7. The number of fused-ring (bicyclic) bond motifs is 6. The van der Waals surface area contributed by atoms with Crippen LogP contribution in [0.5, 0.6) is 0 Å². The molecule has 0 unspecified atom stereocenters. The van der Waals surface area contributed by atoms with Crippen LogP contribution >= 0.6 is 11.3 Å². The summed E-state index contributed by atoms with van der Waals surface area (Å²) in [6, 6.07) is 45.9. The molecule has 0 saturated heterocycles. The Balaban J connectivity index is 0.000000180. The number of para-hydroxylation sites is 1.